The van der Waals surface area contributed by atoms with Gasteiger partial charge in [0.25, 0.3) is 0 Å². The highest BCUT2D eigenvalue weighted by molar-refractivity contribution is 5.70. The lowest BCUT2D eigenvalue weighted by Gasteiger charge is -2.36. The van der Waals surface area contributed by atoms with Gasteiger partial charge in [-0.3, -0.25) is 9.80 Å². The lowest BCUT2D eigenvalue weighted by molar-refractivity contribution is -0.0520. The van der Waals surface area contributed by atoms with Crippen LogP contribution >= 0.6 is 0 Å². The summed E-state index contributed by atoms with van der Waals surface area (Å²) < 4.78 is 11.7. The molecule has 0 aromatic heterocycles. The van der Waals surface area contributed by atoms with E-state index in [0.717, 1.165) is 25.9 Å². The molecule has 1 fully saturated rings. The van der Waals surface area contributed by atoms with Gasteiger partial charge in [0.05, 0.1) is 18.8 Å². The Balaban J connectivity index is 1.48. The third kappa shape index (κ3) is 8.91. The Hall–Kier alpha value is -3.67. The number of amides is 1. The van der Waals surface area contributed by atoms with E-state index >= 15 is 0 Å². The second kappa shape index (κ2) is 14.3. The largest absolute Gasteiger partial charge is 0.449 e. The zero-order valence-corrected chi connectivity index (χ0v) is 24.9. The number of nitrogens with zero attached hydrogens (tertiary/aromatic N) is 2. The normalized spacial score (nSPS) is 17.0. The molecule has 1 saturated heterocycles. The number of carbonyl (C=O) groups is 1. The summed E-state index contributed by atoms with van der Waals surface area (Å²) in [4.78, 5) is 17.3. The zero-order valence-electron chi connectivity index (χ0n) is 24.9. The van der Waals surface area contributed by atoms with Crippen LogP contribution in [0.5, 0.6) is 0 Å². The van der Waals surface area contributed by atoms with Gasteiger partial charge in [0, 0.05) is 19.1 Å². The number of allylic oxidation sites excluding steroid dienone is 2. The van der Waals surface area contributed by atoms with Crippen LogP contribution in [0.2, 0.25) is 0 Å². The van der Waals surface area contributed by atoms with Crippen LogP contribution in [0.4, 0.5) is 4.79 Å². The molecule has 216 valence electrons. The molecule has 4 rings (SSSR count). The molecular formula is C36H44N2O3. The highest BCUT2D eigenvalue weighted by Crippen LogP contribution is 2.35. The average molecular weight is 553 g/mol. The van der Waals surface area contributed by atoms with E-state index in [0.29, 0.717) is 13.2 Å². The molecule has 0 aliphatic carbocycles. The summed E-state index contributed by atoms with van der Waals surface area (Å²) in [5.74, 6) is 0. The van der Waals surface area contributed by atoms with Crippen LogP contribution < -0.4 is 0 Å². The van der Waals surface area contributed by atoms with E-state index in [1.807, 2.05) is 45.9 Å². The lowest BCUT2D eigenvalue weighted by atomic mass is 10.0. The maximum atomic E-state index is 13.1. The van der Waals surface area contributed by atoms with Crippen LogP contribution in [0.15, 0.2) is 109 Å². The Morgan fingerprint density at radius 2 is 1.44 bits per heavy atom. The third-order valence-electron chi connectivity index (χ3n) is 7.43. The molecule has 0 N–H and O–H groups in total. The Morgan fingerprint density at radius 1 is 0.878 bits per heavy atom. The molecule has 0 radical (unpaired) electrons. The quantitative estimate of drug-likeness (QED) is 0.168. The van der Waals surface area contributed by atoms with Crippen molar-refractivity contribution in [1.29, 1.82) is 0 Å². The second-order valence-corrected chi connectivity index (χ2v) is 11.7. The van der Waals surface area contributed by atoms with Crippen molar-refractivity contribution in [3.05, 3.63) is 126 Å². The maximum Gasteiger partial charge on any atom is 0.412 e. The molecule has 3 aromatic rings. The molecule has 1 heterocycles. The number of hydrogen-bond donors (Lipinski definition) is 0. The van der Waals surface area contributed by atoms with Crippen LogP contribution in [0, 0.1) is 0 Å². The molecule has 5 heteroatoms. The van der Waals surface area contributed by atoms with Gasteiger partial charge < -0.3 is 9.47 Å². The molecule has 0 bridgehead atoms. The summed E-state index contributed by atoms with van der Waals surface area (Å²) >= 11 is 0. The molecule has 1 aliphatic heterocycles. The first-order valence-corrected chi connectivity index (χ1v) is 14.6. The van der Waals surface area contributed by atoms with Crippen molar-refractivity contribution in [2.24, 2.45) is 0 Å². The molecule has 3 aromatic carbocycles. The van der Waals surface area contributed by atoms with Gasteiger partial charge in [0.2, 0.25) is 0 Å². The van der Waals surface area contributed by atoms with Gasteiger partial charge in [-0.25, -0.2) is 4.79 Å². The third-order valence-corrected chi connectivity index (χ3v) is 7.43. The van der Waals surface area contributed by atoms with Gasteiger partial charge in [0.1, 0.15) is 5.72 Å². The minimum atomic E-state index is -0.681. The molecule has 0 saturated carbocycles. The minimum absolute atomic E-state index is 0.150. The van der Waals surface area contributed by atoms with Crippen LogP contribution in [0.3, 0.4) is 0 Å². The molecule has 0 spiro atoms. The van der Waals surface area contributed by atoms with E-state index in [1.54, 1.807) is 4.90 Å². The first kappa shape index (κ1) is 30.3. The Morgan fingerprint density at radius 3 is 1.98 bits per heavy atom. The summed E-state index contributed by atoms with van der Waals surface area (Å²) in [5, 5.41) is 0. The Labute approximate surface area is 246 Å². The number of hydrogen-bond acceptors (Lipinski definition) is 4. The van der Waals surface area contributed by atoms with E-state index in [9.17, 15) is 4.79 Å². The van der Waals surface area contributed by atoms with Gasteiger partial charge in [-0.2, -0.15) is 0 Å². The van der Waals surface area contributed by atoms with Crippen LogP contribution in [0.25, 0.3) is 6.08 Å². The lowest BCUT2D eigenvalue weighted by Crippen LogP contribution is -2.52. The van der Waals surface area contributed by atoms with Gasteiger partial charge >= 0.3 is 6.09 Å². The van der Waals surface area contributed by atoms with Crippen molar-refractivity contribution in [3.63, 3.8) is 0 Å². The Kier molecular flexibility index (Phi) is 10.6. The summed E-state index contributed by atoms with van der Waals surface area (Å²) in [6.07, 6.45) is 9.91. The van der Waals surface area contributed by atoms with Crippen LogP contribution in [-0.2, 0) is 22.6 Å². The molecule has 1 aliphatic rings. The molecule has 1 amide bonds. The monoisotopic (exact) mass is 552 g/mol. The predicted octanol–water partition coefficient (Wildman–Crippen LogP) is 8.09. The van der Waals surface area contributed by atoms with Crippen molar-refractivity contribution < 1.29 is 14.3 Å². The molecule has 1 atom stereocenters. The molecular weight excluding hydrogens is 508 g/mol. The van der Waals surface area contributed by atoms with Crippen molar-refractivity contribution in [2.45, 2.75) is 70.9 Å². The number of ether oxygens (including phenoxy) is 2. The maximum absolute atomic E-state index is 13.1. The fourth-order valence-corrected chi connectivity index (χ4v) is 5.44. The SMILES string of the molecule is CC1(C)COC(C)(C)N1C(=O)OCCC[C@@H](/C=C\C=C\c1ccccc1)N(Cc1ccccc1)Cc1ccccc1. The van der Waals surface area contributed by atoms with Gasteiger partial charge in [-0.1, -0.05) is 115 Å². The van der Waals surface area contributed by atoms with Crippen LogP contribution in [0.1, 0.15) is 57.2 Å². The summed E-state index contributed by atoms with van der Waals surface area (Å²) in [6.45, 7) is 10.3. The fraction of sp³-hybridized carbons (Fsp3) is 0.361. The summed E-state index contributed by atoms with van der Waals surface area (Å²) in [7, 11) is 0. The van der Waals surface area contributed by atoms with Crippen molar-refractivity contribution in [3.8, 4) is 0 Å². The van der Waals surface area contributed by atoms with E-state index in [1.165, 1.54) is 16.7 Å². The minimum Gasteiger partial charge on any atom is -0.449 e. The van der Waals surface area contributed by atoms with E-state index in [2.05, 4.69) is 102 Å². The second-order valence-electron chi connectivity index (χ2n) is 11.7. The van der Waals surface area contributed by atoms with Gasteiger partial charge in [-0.15, -0.1) is 0 Å². The molecule has 0 unspecified atom stereocenters. The van der Waals surface area contributed by atoms with E-state index in [4.69, 9.17) is 9.47 Å². The fourth-order valence-electron chi connectivity index (χ4n) is 5.44. The highest BCUT2D eigenvalue weighted by Gasteiger charge is 2.49. The number of carbonyl (C=O) groups excluding carboxylic acids is 1. The summed E-state index contributed by atoms with van der Waals surface area (Å²) in [5.41, 5.74) is 2.62. The van der Waals surface area contributed by atoms with Crippen LogP contribution in [-0.4, -0.2) is 46.4 Å². The van der Waals surface area contributed by atoms with E-state index in [-0.39, 0.29) is 12.1 Å². The first-order chi connectivity index (χ1) is 19.7. The average Bonchev–Trinajstić information content (AvgIpc) is 3.20. The molecule has 5 nitrogen and oxygen atoms in total. The first-order valence-electron chi connectivity index (χ1n) is 14.6. The highest BCUT2D eigenvalue weighted by atomic mass is 16.6. The number of rotatable bonds is 12. The topological polar surface area (TPSA) is 42.0 Å². The predicted molar refractivity (Wildman–Crippen MR) is 167 cm³/mol. The number of benzene rings is 3. The summed E-state index contributed by atoms with van der Waals surface area (Å²) in [6, 6.07) is 31.7. The van der Waals surface area contributed by atoms with E-state index < -0.39 is 11.3 Å². The van der Waals surface area contributed by atoms with Gasteiger partial charge in [0.15, 0.2) is 0 Å². The Bertz CT molecular complexity index is 1210. The standard InChI is InChI=1S/C36H44N2O3/c1-35(2)29-41-36(3,4)38(35)34(39)40-26-16-25-33(24-15-14-19-30-17-8-5-9-18-30)37(27-31-20-10-6-11-21-31)28-32-22-12-7-13-23-32/h5-15,17-24,33H,16,25-29H2,1-4H3/b19-14+,24-15-/t33-/m1/s1. The van der Waals surface area contributed by atoms with Gasteiger partial charge in [-0.05, 0) is 57.2 Å². The van der Waals surface area contributed by atoms with Crippen molar-refractivity contribution in [2.75, 3.05) is 13.2 Å². The van der Waals surface area contributed by atoms with Crippen molar-refractivity contribution >= 4 is 12.2 Å². The molecule has 41 heavy (non-hydrogen) atoms. The smallest absolute Gasteiger partial charge is 0.412 e. The zero-order chi connectivity index (χ0) is 29.1. The van der Waals surface area contributed by atoms with Crippen molar-refractivity contribution in [1.82, 2.24) is 9.80 Å².